The lowest BCUT2D eigenvalue weighted by atomic mass is 9.99. The Labute approximate surface area is 126 Å². The van der Waals surface area contributed by atoms with E-state index in [1.54, 1.807) is 36.4 Å². The molecule has 2 N–H and O–H groups in total. The van der Waals surface area contributed by atoms with Crippen LogP contribution >= 0.6 is 0 Å². The molecule has 0 unspecified atom stereocenters. The van der Waals surface area contributed by atoms with Crippen LogP contribution in [0.15, 0.2) is 36.4 Å². The third kappa shape index (κ3) is 3.41. The van der Waals surface area contributed by atoms with Crippen molar-refractivity contribution >= 4 is 22.7 Å². The summed E-state index contributed by atoms with van der Waals surface area (Å²) < 4.78 is 9.84. The Hall–Kier alpha value is -2.44. The van der Waals surface area contributed by atoms with Crippen LogP contribution in [0.25, 0.3) is 10.8 Å². The molecule has 0 aliphatic heterocycles. The number of ether oxygens (including phenoxy) is 2. The van der Waals surface area contributed by atoms with Gasteiger partial charge >= 0.3 is 11.9 Å². The highest BCUT2D eigenvalue weighted by atomic mass is 16.5. The minimum atomic E-state index is -0.623. The highest BCUT2D eigenvalue weighted by molar-refractivity contribution is 6.13. The first-order valence-electron chi connectivity index (χ1n) is 6.76. The fraction of sp³-hybridized carbons (Fsp3) is 0.250. The van der Waals surface area contributed by atoms with Crippen molar-refractivity contribution in [2.45, 2.75) is 0 Å². The van der Waals surface area contributed by atoms with E-state index in [2.05, 4.69) is 0 Å². The number of aliphatic hydroxyl groups excluding tert-OH is 2. The van der Waals surface area contributed by atoms with Crippen LogP contribution in [0.4, 0.5) is 0 Å². The molecule has 0 heterocycles. The SMILES string of the molecule is O=C(OCCO)c1cccc2cccc(C(=O)OCCO)c12. The average molecular weight is 304 g/mol. The normalized spacial score (nSPS) is 10.5. The molecule has 6 heteroatoms. The van der Waals surface area contributed by atoms with Crippen LogP contribution < -0.4 is 0 Å². The van der Waals surface area contributed by atoms with Gasteiger partial charge in [-0.05, 0) is 17.5 Å². The second-order valence-corrected chi connectivity index (χ2v) is 4.43. The lowest BCUT2D eigenvalue weighted by Crippen LogP contribution is -2.13. The van der Waals surface area contributed by atoms with Gasteiger partial charge in [-0.1, -0.05) is 24.3 Å². The summed E-state index contributed by atoms with van der Waals surface area (Å²) >= 11 is 0. The second kappa shape index (κ2) is 7.53. The van der Waals surface area contributed by atoms with Gasteiger partial charge in [-0.25, -0.2) is 9.59 Å². The van der Waals surface area contributed by atoms with Crippen molar-refractivity contribution in [1.29, 1.82) is 0 Å². The first-order chi connectivity index (χ1) is 10.7. The molecule has 116 valence electrons. The van der Waals surface area contributed by atoms with Gasteiger partial charge in [0.1, 0.15) is 13.2 Å². The molecule has 0 spiro atoms. The number of rotatable bonds is 6. The monoisotopic (exact) mass is 304 g/mol. The first-order valence-corrected chi connectivity index (χ1v) is 6.76. The maximum Gasteiger partial charge on any atom is 0.338 e. The quantitative estimate of drug-likeness (QED) is 0.777. The van der Waals surface area contributed by atoms with Gasteiger partial charge in [-0.3, -0.25) is 0 Å². The maximum absolute atomic E-state index is 12.1. The van der Waals surface area contributed by atoms with E-state index in [4.69, 9.17) is 19.7 Å². The molecule has 0 saturated carbocycles. The van der Waals surface area contributed by atoms with Crippen molar-refractivity contribution in [2.75, 3.05) is 26.4 Å². The van der Waals surface area contributed by atoms with Crippen molar-refractivity contribution in [3.05, 3.63) is 47.5 Å². The van der Waals surface area contributed by atoms with Crippen molar-refractivity contribution in [1.82, 2.24) is 0 Å². The van der Waals surface area contributed by atoms with Crippen LogP contribution in [0.1, 0.15) is 20.7 Å². The molecule has 2 aromatic carbocycles. The van der Waals surface area contributed by atoms with E-state index in [0.717, 1.165) is 0 Å². The molecule has 0 radical (unpaired) electrons. The highest BCUT2D eigenvalue weighted by Gasteiger charge is 2.18. The van der Waals surface area contributed by atoms with Crippen molar-refractivity contribution < 1.29 is 29.3 Å². The maximum atomic E-state index is 12.1. The summed E-state index contributed by atoms with van der Waals surface area (Å²) in [7, 11) is 0. The summed E-state index contributed by atoms with van der Waals surface area (Å²) in [6.45, 7) is -0.789. The summed E-state index contributed by atoms with van der Waals surface area (Å²) in [6.07, 6.45) is 0. The Bertz CT molecular complexity index is 625. The van der Waals surface area contributed by atoms with E-state index in [0.29, 0.717) is 10.8 Å². The molecular formula is C16H16O6. The standard InChI is InChI=1S/C16H16O6/c17-7-9-21-15(19)12-5-1-3-11-4-2-6-13(14(11)12)16(20)22-10-8-18/h1-6,17-18H,7-10H2. The number of hydrogen-bond acceptors (Lipinski definition) is 6. The molecule has 2 aromatic rings. The zero-order valence-corrected chi connectivity index (χ0v) is 11.8. The third-order valence-corrected chi connectivity index (χ3v) is 2.99. The smallest absolute Gasteiger partial charge is 0.338 e. The minimum Gasteiger partial charge on any atom is -0.460 e. The van der Waals surface area contributed by atoms with Crippen LogP contribution in [0, 0.1) is 0 Å². The van der Waals surface area contributed by atoms with Crippen LogP contribution in [-0.4, -0.2) is 48.6 Å². The van der Waals surface area contributed by atoms with Crippen molar-refractivity contribution in [2.24, 2.45) is 0 Å². The topological polar surface area (TPSA) is 93.1 Å². The predicted octanol–water partition coefficient (Wildman–Crippen LogP) is 1.14. The Morgan fingerprint density at radius 1 is 0.818 bits per heavy atom. The molecule has 0 fully saturated rings. The van der Waals surface area contributed by atoms with Gasteiger partial charge in [0.25, 0.3) is 0 Å². The number of esters is 2. The van der Waals surface area contributed by atoms with E-state index >= 15 is 0 Å². The molecule has 0 aliphatic rings. The van der Waals surface area contributed by atoms with Crippen LogP contribution in [0.2, 0.25) is 0 Å². The molecule has 22 heavy (non-hydrogen) atoms. The van der Waals surface area contributed by atoms with E-state index < -0.39 is 11.9 Å². The number of aliphatic hydroxyl groups is 2. The summed E-state index contributed by atoms with van der Waals surface area (Å²) in [6, 6.07) is 9.99. The zero-order valence-electron chi connectivity index (χ0n) is 11.8. The summed E-state index contributed by atoms with van der Waals surface area (Å²) in [5, 5.41) is 18.6. The molecule has 0 amide bonds. The highest BCUT2D eigenvalue weighted by Crippen LogP contribution is 2.24. The molecule has 0 aliphatic carbocycles. The van der Waals surface area contributed by atoms with Gasteiger partial charge in [0, 0.05) is 5.39 Å². The summed E-state index contributed by atoms with van der Waals surface area (Å²) in [5.74, 6) is -1.25. The minimum absolute atomic E-state index is 0.119. The number of carbonyl (C=O) groups excluding carboxylic acids is 2. The second-order valence-electron chi connectivity index (χ2n) is 4.43. The zero-order chi connectivity index (χ0) is 15.9. The molecular weight excluding hydrogens is 288 g/mol. The van der Waals surface area contributed by atoms with Crippen molar-refractivity contribution in [3.63, 3.8) is 0 Å². The van der Waals surface area contributed by atoms with Gasteiger partial charge in [0.2, 0.25) is 0 Å². The molecule has 2 rings (SSSR count). The number of carbonyl (C=O) groups is 2. The van der Waals surface area contributed by atoms with Gasteiger partial charge in [-0.2, -0.15) is 0 Å². The number of benzene rings is 2. The number of fused-ring (bicyclic) bond motifs is 1. The van der Waals surface area contributed by atoms with Crippen LogP contribution in [0.3, 0.4) is 0 Å². The van der Waals surface area contributed by atoms with Gasteiger partial charge in [-0.15, -0.1) is 0 Å². The van der Waals surface area contributed by atoms with Crippen LogP contribution in [0.5, 0.6) is 0 Å². The number of hydrogen-bond donors (Lipinski definition) is 2. The third-order valence-electron chi connectivity index (χ3n) is 2.99. The van der Waals surface area contributed by atoms with Crippen molar-refractivity contribution in [3.8, 4) is 0 Å². The lowest BCUT2D eigenvalue weighted by molar-refractivity contribution is 0.0435. The summed E-state index contributed by atoms with van der Waals surface area (Å²) in [5.41, 5.74) is 0.449. The van der Waals surface area contributed by atoms with E-state index in [9.17, 15) is 9.59 Å². The van der Waals surface area contributed by atoms with Crippen LogP contribution in [-0.2, 0) is 9.47 Å². The Morgan fingerprint density at radius 3 is 1.68 bits per heavy atom. The van der Waals surface area contributed by atoms with Gasteiger partial charge in [0.15, 0.2) is 0 Å². The summed E-state index contributed by atoms with van der Waals surface area (Å²) in [4.78, 5) is 24.2. The Balaban J connectivity index is 2.48. The lowest BCUT2D eigenvalue weighted by Gasteiger charge is -2.11. The van der Waals surface area contributed by atoms with E-state index in [-0.39, 0.29) is 37.6 Å². The van der Waals surface area contributed by atoms with Gasteiger partial charge < -0.3 is 19.7 Å². The Kier molecular flexibility index (Phi) is 5.46. The predicted molar refractivity (Wildman–Crippen MR) is 78.7 cm³/mol. The molecule has 0 saturated heterocycles. The molecule has 0 aromatic heterocycles. The largest absolute Gasteiger partial charge is 0.460 e. The molecule has 0 atom stereocenters. The van der Waals surface area contributed by atoms with Gasteiger partial charge in [0.05, 0.1) is 24.3 Å². The fourth-order valence-electron chi connectivity index (χ4n) is 2.11. The van der Waals surface area contributed by atoms with E-state index in [1.807, 2.05) is 0 Å². The Morgan fingerprint density at radius 2 is 1.27 bits per heavy atom. The fourth-order valence-corrected chi connectivity index (χ4v) is 2.11. The average Bonchev–Trinajstić information content (AvgIpc) is 2.56. The molecule has 0 bridgehead atoms. The molecule has 6 nitrogen and oxygen atoms in total. The first kappa shape index (κ1) is 15.9. The van der Waals surface area contributed by atoms with E-state index in [1.165, 1.54) is 0 Å².